The molecule has 0 unspecified atom stereocenters. The average Bonchev–Trinajstić information content (AvgIpc) is 2.89. The molecule has 0 bridgehead atoms. The van der Waals surface area contributed by atoms with E-state index in [0.29, 0.717) is 18.9 Å². The quantitative estimate of drug-likeness (QED) is 0.785. The van der Waals surface area contributed by atoms with E-state index in [4.69, 9.17) is 0 Å². The molecule has 138 valence electrons. The van der Waals surface area contributed by atoms with Gasteiger partial charge in [-0.15, -0.1) is 0 Å². The van der Waals surface area contributed by atoms with Gasteiger partial charge in [-0.1, -0.05) is 44.0 Å². The van der Waals surface area contributed by atoms with Crippen LogP contribution in [0.2, 0.25) is 0 Å². The van der Waals surface area contributed by atoms with Crippen molar-refractivity contribution >= 4 is 6.03 Å². The summed E-state index contributed by atoms with van der Waals surface area (Å²) in [4.78, 5) is 14.8. The number of aliphatic hydroxyl groups is 1. The summed E-state index contributed by atoms with van der Waals surface area (Å²) in [5.41, 5.74) is 2.17. The first kappa shape index (κ1) is 18.2. The van der Waals surface area contributed by atoms with Gasteiger partial charge in [-0.05, 0) is 44.0 Å². The molecular weight excluding hydrogens is 314 g/mol. The molecule has 3 rings (SSSR count). The number of hydrogen-bond donors (Lipinski definition) is 3. The van der Waals surface area contributed by atoms with Crippen LogP contribution in [0.4, 0.5) is 4.79 Å². The van der Waals surface area contributed by atoms with Crippen LogP contribution in [-0.2, 0) is 6.42 Å². The zero-order valence-electron chi connectivity index (χ0n) is 15.6. The second-order valence-corrected chi connectivity index (χ2v) is 8.10. The van der Waals surface area contributed by atoms with Crippen molar-refractivity contribution in [2.45, 2.75) is 56.7 Å². The normalized spacial score (nSPS) is 31.6. The molecule has 0 saturated heterocycles. The van der Waals surface area contributed by atoms with Gasteiger partial charge in [-0.2, -0.15) is 0 Å². The number of urea groups is 1. The number of likely N-dealkylation sites (N-methyl/N-ethyl adjacent to an activating group) is 1. The Morgan fingerprint density at radius 3 is 2.84 bits per heavy atom. The molecule has 5 nitrogen and oxygen atoms in total. The van der Waals surface area contributed by atoms with E-state index < -0.39 is 6.10 Å². The van der Waals surface area contributed by atoms with Crippen LogP contribution in [0, 0.1) is 5.92 Å². The predicted molar refractivity (Wildman–Crippen MR) is 99.5 cm³/mol. The van der Waals surface area contributed by atoms with Crippen LogP contribution in [0.3, 0.4) is 0 Å². The molecule has 0 spiro atoms. The van der Waals surface area contributed by atoms with Crippen molar-refractivity contribution in [3.63, 3.8) is 0 Å². The summed E-state index contributed by atoms with van der Waals surface area (Å²) in [6, 6.07) is 7.41. The molecule has 0 radical (unpaired) electrons. The van der Waals surface area contributed by atoms with Crippen molar-refractivity contribution in [2.75, 3.05) is 20.6 Å². The van der Waals surface area contributed by atoms with Gasteiger partial charge in [-0.25, -0.2) is 4.79 Å². The Kier molecular flexibility index (Phi) is 5.35. The van der Waals surface area contributed by atoms with Crippen molar-refractivity contribution in [1.82, 2.24) is 15.5 Å². The first-order chi connectivity index (χ1) is 11.9. The fourth-order valence-corrected chi connectivity index (χ4v) is 4.54. The minimum atomic E-state index is -0.555. The van der Waals surface area contributed by atoms with E-state index in [2.05, 4.69) is 36.6 Å². The summed E-state index contributed by atoms with van der Waals surface area (Å²) in [7, 11) is 4.21. The summed E-state index contributed by atoms with van der Waals surface area (Å²) in [5, 5.41) is 16.3. The minimum Gasteiger partial charge on any atom is -0.390 e. The predicted octanol–water partition coefficient (Wildman–Crippen LogP) is 2.45. The Balaban J connectivity index is 1.61. The number of hydrogen-bond acceptors (Lipinski definition) is 3. The topological polar surface area (TPSA) is 64.6 Å². The van der Waals surface area contributed by atoms with Crippen LogP contribution in [0.15, 0.2) is 24.3 Å². The van der Waals surface area contributed by atoms with Crippen LogP contribution >= 0.6 is 0 Å². The standard InChI is InChI=1S/C20H31N3O2/c1-14-7-6-10-20(12-14,23(2)3)13-21-19(25)22-18-16-9-5-4-8-15(16)11-17(18)24/h4-5,8-9,14,17-18,24H,6-7,10-13H2,1-3H3,(H2,21,22,25)/t14-,17+,18-,20+/m1/s1. The van der Waals surface area contributed by atoms with Gasteiger partial charge >= 0.3 is 6.03 Å². The van der Waals surface area contributed by atoms with Crippen molar-refractivity contribution in [2.24, 2.45) is 5.92 Å². The first-order valence-corrected chi connectivity index (χ1v) is 9.39. The van der Waals surface area contributed by atoms with Crippen molar-refractivity contribution in [3.05, 3.63) is 35.4 Å². The van der Waals surface area contributed by atoms with E-state index in [9.17, 15) is 9.90 Å². The van der Waals surface area contributed by atoms with E-state index in [-0.39, 0.29) is 17.6 Å². The highest BCUT2D eigenvalue weighted by atomic mass is 16.3. The molecule has 0 aromatic heterocycles. The molecule has 2 amide bonds. The number of amides is 2. The molecule has 4 atom stereocenters. The molecule has 1 aromatic rings. The highest BCUT2D eigenvalue weighted by Crippen LogP contribution is 2.35. The maximum Gasteiger partial charge on any atom is 0.315 e. The van der Waals surface area contributed by atoms with Gasteiger partial charge in [0.05, 0.1) is 12.1 Å². The van der Waals surface area contributed by atoms with Gasteiger partial charge < -0.3 is 20.6 Å². The lowest BCUT2D eigenvalue weighted by atomic mass is 9.75. The van der Waals surface area contributed by atoms with Crippen molar-refractivity contribution < 1.29 is 9.90 Å². The van der Waals surface area contributed by atoms with E-state index in [0.717, 1.165) is 24.0 Å². The SMILES string of the molecule is C[C@@H]1CCC[C@](CNC(=O)N[C@@H]2c3ccccc3C[C@@H]2O)(N(C)C)C1. The van der Waals surface area contributed by atoms with E-state index >= 15 is 0 Å². The van der Waals surface area contributed by atoms with E-state index in [1.165, 1.54) is 12.8 Å². The average molecular weight is 345 g/mol. The summed E-state index contributed by atoms with van der Waals surface area (Å²) in [6.45, 7) is 2.93. The molecule has 2 aliphatic carbocycles. The number of benzene rings is 1. The molecule has 1 fully saturated rings. The van der Waals surface area contributed by atoms with Crippen LogP contribution in [-0.4, -0.2) is 48.3 Å². The third-order valence-corrected chi connectivity index (χ3v) is 6.08. The lowest BCUT2D eigenvalue weighted by Crippen LogP contribution is -2.56. The van der Waals surface area contributed by atoms with Crippen LogP contribution in [0.25, 0.3) is 0 Å². The third kappa shape index (κ3) is 3.82. The van der Waals surface area contributed by atoms with E-state index in [1.54, 1.807) is 0 Å². The number of carbonyl (C=O) groups excluding carboxylic acids is 1. The molecule has 3 N–H and O–H groups in total. The maximum absolute atomic E-state index is 12.5. The minimum absolute atomic E-state index is 0.0290. The Morgan fingerprint density at radius 2 is 2.12 bits per heavy atom. The second-order valence-electron chi connectivity index (χ2n) is 8.10. The van der Waals surface area contributed by atoms with Crippen LogP contribution in [0.1, 0.15) is 49.8 Å². The van der Waals surface area contributed by atoms with Crippen molar-refractivity contribution in [3.8, 4) is 0 Å². The Bertz CT molecular complexity index is 619. The largest absolute Gasteiger partial charge is 0.390 e. The fourth-order valence-electron chi connectivity index (χ4n) is 4.54. The van der Waals surface area contributed by atoms with E-state index in [1.807, 2.05) is 24.3 Å². The van der Waals surface area contributed by atoms with Gasteiger partial charge in [0, 0.05) is 18.5 Å². The summed E-state index contributed by atoms with van der Waals surface area (Å²) >= 11 is 0. The molecule has 0 heterocycles. The molecule has 25 heavy (non-hydrogen) atoms. The number of aliphatic hydroxyl groups excluding tert-OH is 1. The molecular formula is C20H31N3O2. The summed E-state index contributed by atoms with van der Waals surface area (Å²) in [6.07, 6.45) is 4.74. The molecule has 0 aliphatic heterocycles. The smallest absolute Gasteiger partial charge is 0.315 e. The summed E-state index contributed by atoms with van der Waals surface area (Å²) in [5.74, 6) is 0.685. The highest BCUT2D eigenvalue weighted by Gasteiger charge is 2.38. The zero-order valence-corrected chi connectivity index (χ0v) is 15.6. The second kappa shape index (κ2) is 7.34. The number of rotatable bonds is 4. The maximum atomic E-state index is 12.5. The molecule has 1 aromatic carbocycles. The third-order valence-electron chi connectivity index (χ3n) is 6.08. The van der Waals surface area contributed by atoms with Gasteiger partial charge in [0.15, 0.2) is 0 Å². The van der Waals surface area contributed by atoms with Crippen LogP contribution < -0.4 is 10.6 Å². The number of nitrogens with one attached hydrogen (secondary N) is 2. The fraction of sp³-hybridized carbons (Fsp3) is 0.650. The Hall–Kier alpha value is -1.59. The number of fused-ring (bicyclic) bond motifs is 1. The Labute approximate surface area is 150 Å². The molecule has 1 saturated carbocycles. The van der Waals surface area contributed by atoms with Crippen LogP contribution in [0.5, 0.6) is 0 Å². The monoisotopic (exact) mass is 345 g/mol. The van der Waals surface area contributed by atoms with Gasteiger partial charge in [0.1, 0.15) is 0 Å². The lowest BCUT2D eigenvalue weighted by molar-refractivity contribution is 0.0766. The number of nitrogens with zero attached hydrogens (tertiary/aromatic N) is 1. The number of carbonyl (C=O) groups is 1. The molecule has 5 heteroatoms. The van der Waals surface area contributed by atoms with Gasteiger partial charge in [-0.3, -0.25) is 0 Å². The summed E-state index contributed by atoms with van der Waals surface area (Å²) < 4.78 is 0. The lowest BCUT2D eigenvalue weighted by Gasteiger charge is -2.45. The van der Waals surface area contributed by atoms with Crippen molar-refractivity contribution in [1.29, 1.82) is 0 Å². The van der Waals surface area contributed by atoms with Gasteiger partial charge in [0.2, 0.25) is 0 Å². The van der Waals surface area contributed by atoms with Gasteiger partial charge in [0.25, 0.3) is 0 Å². The highest BCUT2D eigenvalue weighted by molar-refractivity contribution is 5.75. The first-order valence-electron chi connectivity index (χ1n) is 9.39. The zero-order chi connectivity index (χ0) is 18.0. The Morgan fingerprint density at radius 1 is 1.36 bits per heavy atom. The molecule has 2 aliphatic rings.